The first-order valence-electron chi connectivity index (χ1n) is 3.71. The molecule has 2 nitrogen and oxygen atoms in total. The maximum atomic E-state index is 5.07. The lowest BCUT2D eigenvalue weighted by Gasteiger charge is -2.10. The minimum atomic E-state index is 0.159. The van der Waals surface area contributed by atoms with Crippen molar-refractivity contribution in [1.82, 2.24) is 5.32 Å². The normalized spacial score (nSPS) is 13.0. The van der Waals surface area contributed by atoms with Crippen LogP contribution < -0.4 is 5.32 Å². The fraction of sp³-hybridized carbons (Fsp3) is 0.750. The van der Waals surface area contributed by atoms with Crippen LogP contribution in [0.1, 0.15) is 13.3 Å². The molecule has 0 aliphatic carbocycles. The van der Waals surface area contributed by atoms with Gasteiger partial charge in [-0.15, -0.1) is 6.58 Å². The molecule has 0 aliphatic rings. The van der Waals surface area contributed by atoms with Crippen LogP contribution in [0.25, 0.3) is 0 Å². The molecule has 0 saturated heterocycles. The number of hydrogen-bond donors (Lipinski definition) is 1. The topological polar surface area (TPSA) is 21.3 Å². The van der Waals surface area contributed by atoms with Crippen molar-refractivity contribution in [3.63, 3.8) is 0 Å². The van der Waals surface area contributed by atoms with Crippen LogP contribution in [0.3, 0.4) is 0 Å². The van der Waals surface area contributed by atoms with Crippen LogP contribution >= 0.6 is 0 Å². The molecule has 1 atom stereocenters. The van der Waals surface area contributed by atoms with Crippen molar-refractivity contribution in [3.05, 3.63) is 12.7 Å². The Kier molecular flexibility index (Phi) is 6.55. The van der Waals surface area contributed by atoms with Gasteiger partial charge in [0, 0.05) is 13.7 Å². The Morgan fingerprint density at radius 2 is 2.40 bits per heavy atom. The third-order valence-electron chi connectivity index (χ3n) is 1.34. The summed E-state index contributed by atoms with van der Waals surface area (Å²) >= 11 is 0. The zero-order valence-corrected chi connectivity index (χ0v) is 6.89. The summed E-state index contributed by atoms with van der Waals surface area (Å²) in [6.45, 7) is 7.71. The van der Waals surface area contributed by atoms with E-state index < -0.39 is 0 Å². The van der Waals surface area contributed by atoms with Crippen LogP contribution in [0.15, 0.2) is 12.7 Å². The molecule has 0 aromatic carbocycles. The van der Waals surface area contributed by atoms with Crippen molar-refractivity contribution in [2.24, 2.45) is 0 Å². The van der Waals surface area contributed by atoms with Gasteiger partial charge in [-0.3, -0.25) is 0 Å². The molecule has 1 unspecified atom stereocenters. The van der Waals surface area contributed by atoms with Crippen LogP contribution in [0, 0.1) is 0 Å². The molecule has 0 aromatic rings. The Balaban J connectivity index is 3.17. The summed E-state index contributed by atoms with van der Waals surface area (Å²) in [4.78, 5) is 0. The van der Waals surface area contributed by atoms with Crippen molar-refractivity contribution in [3.8, 4) is 0 Å². The molecule has 2 heteroatoms. The second kappa shape index (κ2) is 6.78. The average Bonchev–Trinajstić information content (AvgIpc) is 1.99. The van der Waals surface area contributed by atoms with Gasteiger partial charge in [0.25, 0.3) is 0 Å². The first kappa shape index (κ1) is 9.66. The highest BCUT2D eigenvalue weighted by molar-refractivity contribution is 4.80. The van der Waals surface area contributed by atoms with E-state index in [9.17, 15) is 0 Å². The number of nitrogens with one attached hydrogen (secondary N) is 1. The minimum absolute atomic E-state index is 0.159. The van der Waals surface area contributed by atoms with Crippen molar-refractivity contribution in [2.45, 2.75) is 19.4 Å². The lowest BCUT2D eigenvalue weighted by atomic mass is 10.3. The van der Waals surface area contributed by atoms with Gasteiger partial charge in [0.1, 0.15) is 0 Å². The molecule has 0 bridgehead atoms. The zero-order chi connectivity index (χ0) is 7.82. The third kappa shape index (κ3) is 4.53. The van der Waals surface area contributed by atoms with Crippen molar-refractivity contribution in [1.29, 1.82) is 0 Å². The highest BCUT2D eigenvalue weighted by Gasteiger charge is 1.97. The second-order valence-corrected chi connectivity index (χ2v) is 2.21. The summed E-state index contributed by atoms with van der Waals surface area (Å²) in [6, 6.07) is 0. The molecular formula is C8H17NO. The van der Waals surface area contributed by atoms with E-state index in [4.69, 9.17) is 4.74 Å². The van der Waals surface area contributed by atoms with Crippen molar-refractivity contribution in [2.75, 3.05) is 20.2 Å². The molecule has 10 heavy (non-hydrogen) atoms. The second-order valence-electron chi connectivity index (χ2n) is 2.21. The average molecular weight is 143 g/mol. The SMILES string of the molecule is C=CC(CNCCC)OC. The Morgan fingerprint density at radius 1 is 1.70 bits per heavy atom. The Labute approximate surface area is 63.3 Å². The number of methoxy groups -OCH3 is 1. The van der Waals surface area contributed by atoms with Gasteiger partial charge in [-0.1, -0.05) is 13.0 Å². The van der Waals surface area contributed by atoms with Crippen LogP contribution in [0.5, 0.6) is 0 Å². The zero-order valence-electron chi connectivity index (χ0n) is 6.89. The van der Waals surface area contributed by atoms with Gasteiger partial charge in [0.15, 0.2) is 0 Å². The summed E-state index contributed by atoms with van der Waals surface area (Å²) in [7, 11) is 1.69. The predicted molar refractivity (Wildman–Crippen MR) is 44.2 cm³/mol. The molecule has 1 N–H and O–H groups in total. The standard InChI is InChI=1S/C8H17NO/c1-4-6-9-7-8(5-2)10-3/h5,8-9H,2,4,6-7H2,1,3H3. The summed E-state index contributed by atoms with van der Waals surface area (Å²) < 4.78 is 5.07. The predicted octanol–water partition coefficient (Wildman–Crippen LogP) is 1.19. The number of ether oxygens (including phenoxy) is 1. The van der Waals surface area contributed by atoms with Gasteiger partial charge < -0.3 is 10.1 Å². The van der Waals surface area contributed by atoms with Gasteiger partial charge >= 0.3 is 0 Å². The van der Waals surface area contributed by atoms with E-state index in [2.05, 4.69) is 18.8 Å². The molecule has 0 heterocycles. The first-order chi connectivity index (χ1) is 4.85. The van der Waals surface area contributed by atoms with Gasteiger partial charge in [-0.2, -0.15) is 0 Å². The minimum Gasteiger partial charge on any atom is -0.376 e. The van der Waals surface area contributed by atoms with E-state index >= 15 is 0 Å². The lowest BCUT2D eigenvalue weighted by molar-refractivity contribution is 0.140. The van der Waals surface area contributed by atoms with Gasteiger partial charge in [-0.05, 0) is 13.0 Å². The quantitative estimate of drug-likeness (QED) is 0.445. The van der Waals surface area contributed by atoms with Gasteiger partial charge in [0.2, 0.25) is 0 Å². The summed E-state index contributed by atoms with van der Waals surface area (Å²) in [5.74, 6) is 0. The molecule has 0 aromatic heterocycles. The smallest absolute Gasteiger partial charge is 0.0873 e. The number of rotatable bonds is 6. The van der Waals surface area contributed by atoms with Crippen LogP contribution in [0.2, 0.25) is 0 Å². The van der Waals surface area contributed by atoms with E-state index in [0.29, 0.717) is 0 Å². The highest BCUT2D eigenvalue weighted by atomic mass is 16.5. The summed E-state index contributed by atoms with van der Waals surface area (Å²) in [5, 5.41) is 3.24. The Bertz CT molecular complexity index is 83.3. The molecule has 0 amide bonds. The van der Waals surface area contributed by atoms with E-state index in [1.54, 1.807) is 7.11 Å². The summed E-state index contributed by atoms with van der Waals surface area (Å²) in [5.41, 5.74) is 0. The maximum absolute atomic E-state index is 5.07. The van der Waals surface area contributed by atoms with Crippen LogP contribution in [0.4, 0.5) is 0 Å². The van der Waals surface area contributed by atoms with Crippen molar-refractivity contribution >= 4 is 0 Å². The molecule has 0 fully saturated rings. The van der Waals surface area contributed by atoms with Crippen molar-refractivity contribution < 1.29 is 4.74 Å². The van der Waals surface area contributed by atoms with E-state index in [1.165, 1.54) is 0 Å². The fourth-order valence-electron chi connectivity index (χ4n) is 0.684. The molecule has 60 valence electrons. The lowest BCUT2D eigenvalue weighted by Crippen LogP contribution is -2.27. The van der Waals surface area contributed by atoms with Crippen LogP contribution in [-0.2, 0) is 4.74 Å². The Hall–Kier alpha value is -0.340. The molecule has 0 spiro atoms. The molecule has 0 radical (unpaired) electrons. The molecule has 0 rings (SSSR count). The fourth-order valence-corrected chi connectivity index (χ4v) is 0.684. The van der Waals surface area contributed by atoms with E-state index in [1.807, 2.05) is 6.08 Å². The largest absolute Gasteiger partial charge is 0.376 e. The van der Waals surface area contributed by atoms with Gasteiger partial charge in [-0.25, -0.2) is 0 Å². The van der Waals surface area contributed by atoms with Gasteiger partial charge in [0.05, 0.1) is 6.10 Å². The molecule has 0 aliphatic heterocycles. The van der Waals surface area contributed by atoms with Crippen LogP contribution in [-0.4, -0.2) is 26.3 Å². The van der Waals surface area contributed by atoms with E-state index in [0.717, 1.165) is 19.5 Å². The summed E-state index contributed by atoms with van der Waals surface area (Å²) in [6.07, 6.45) is 3.13. The first-order valence-corrected chi connectivity index (χ1v) is 3.71. The Morgan fingerprint density at radius 3 is 2.80 bits per heavy atom. The maximum Gasteiger partial charge on any atom is 0.0873 e. The monoisotopic (exact) mass is 143 g/mol. The molecular weight excluding hydrogens is 126 g/mol. The highest BCUT2D eigenvalue weighted by Crippen LogP contribution is 1.87. The molecule has 0 saturated carbocycles. The third-order valence-corrected chi connectivity index (χ3v) is 1.34. The number of hydrogen-bond acceptors (Lipinski definition) is 2. The van der Waals surface area contributed by atoms with E-state index in [-0.39, 0.29) is 6.10 Å².